The van der Waals surface area contributed by atoms with Crippen molar-refractivity contribution in [3.8, 4) is 5.75 Å². The van der Waals surface area contributed by atoms with Crippen molar-refractivity contribution in [2.45, 2.75) is 44.9 Å². The maximum absolute atomic E-state index is 12.7. The molecule has 3 aromatic rings. The van der Waals surface area contributed by atoms with Gasteiger partial charge in [-0.2, -0.15) is 0 Å². The van der Waals surface area contributed by atoms with Crippen molar-refractivity contribution < 1.29 is 9.53 Å². The molecule has 0 bridgehead atoms. The molecule has 0 aliphatic carbocycles. The Kier molecular flexibility index (Phi) is 7.12. The van der Waals surface area contributed by atoms with Gasteiger partial charge < -0.3 is 15.0 Å². The number of carbonyl (C=O) groups excluding carboxylic acids is 1. The molecule has 1 amide bonds. The number of carbonyl (C=O) groups is 1. The number of para-hydroxylation sites is 1. The normalized spacial score (nSPS) is 12.1. The van der Waals surface area contributed by atoms with Crippen molar-refractivity contribution in [2.75, 3.05) is 13.7 Å². The Hall–Kier alpha value is -2.75. The van der Waals surface area contributed by atoms with Gasteiger partial charge in [-0.05, 0) is 35.7 Å². The van der Waals surface area contributed by atoms with Gasteiger partial charge in [-0.1, -0.05) is 56.5 Å². The van der Waals surface area contributed by atoms with E-state index < -0.39 is 0 Å². The van der Waals surface area contributed by atoms with Crippen LogP contribution in [0.4, 0.5) is 0 Å². The molecule has 1 heterocycles. The zero-order valence-corrected chi connectivity index (χ0v) is 16.8. The molecule has 1 aromatic heterocycles. The van der Waals surface area contributed by atoms with Crippen LogP contribution >= 0.6 is 0 Å². The summed E-state index contributed by atoms with van der Waals surface area (Å²) in [6, 6.07) is 16.3. The maximum atomic E-state index is 12.7. The Bertz CT molecular complexity index is 883. The highest BCUT2D eigenvalue weighted by Crippen LogP contribution is 2.34. The Morgan fingerprint density at radius 3 is 2.61 bits per heavy atom. The minimum Gasteiger partial charge on any atom is -0.497 e. The van der Waals surface area contributed by atoms with Crippen LogP contribution in [-0.4, -0.2) is 24.5 Å². The monoisotopic (exact) mass is 378 g/mol. The van der Waals surface area contributed by atoms with Crippen LogP contribution in [0.1, 0.15) is 56.1 Å². The lowest BCUT2D eigenvalue weighted by molar-refractivity contribution is -0.121. The molecule has 0 radical (unpaired) electrons. The first-order valence-corrected chi connectivity index (χ1v) is 10.2. The molecule has 3 rings (SSSR count). The molecule has 0 saturated heterocycles. The Labute approximate surface area is 167 Å². The Morgan fingerprint density at radius 1 is 1.07 bits per heavy atom. The number of ether oxygens (including phenoxy) is 1. The molecule has 4 heteroatoms. The van der Waals surface area contributed by atoms with Crippen LogP contribution in [0.2, 0.25) is 0 Å². The molecule has 0 spiro atoms. The number of rotatable bonds is 10. The molecule has 1 unspecified atom stereocenters. The van der Waals surface area contributed by atoms with E-state index in [9.17, 15) is 4.79 Å². The van der Waals surface area contributed by atoms with Crippen LogP contribution in [0, 0.1) is 0 Å². The number of aromatic amines is 1. The van der Waals surface area contributed by atoms with Gasteiger partial charge in [0.15, 0.2) is 0 Å². The Balaban J connectivity index is 1.79. The highest BCUT2D eigenvalue weighted by molar-refractivity contribution is 5.86. The highest BCUT2D eigenvalue weighted by atomic mass is 16.5. The molecular formula is C24H30N2O2. The van der Waals surface area contributed by atoms with E-state index in [1.165, 1.54) is 24.6 Å². The summed E-state index contributed by atoms with van der Waals surface area (Å²) in [6.07, 6.45) is 7.10. The lowest BCUT2D eigenvalue weighted by Gasteiger charge is -2.18. The van der Waals surface area contributed by atoms with Crippen molar-refractivity contribution in [1.29, 1.82) is 0 Å². The maximum Gasteiger partial charge on any atom is 0.220 e. The fourth-order valence-corrected chi connectivity index (χ4v) is 3.66. The predicted molar refractivity (Wildman–Crippen MR) is 115 cm³/mol. The van der Waals surface area contributed by atoms with Crippen molar-refractivity contribution >= 4 is 16.8 Å². The van der Waals surface area contributed by atoms with Gasteiger partial charge in [0.05, 0.1) is 7.11 Å². The molecule has 0 aliphatic rings. The minimum atomic E-state index is -0.00213. The van der Waals surface area contributed by atoms with Crippen molar-refractivity contribution in [2.24, 2.45) is 0 Å². The summed E-state index contributed by atoms with van der Waals surface area (Å²) in [5.41, 5.74) is 3.37. The number of H-pyrrole nitrogens is 1. The predicted octanol–water partition coefficient (Wildman–Crippen LogP) is 5.40. The second-order valence-electron chi connectivity index (χ2n) is 7.23. The summed E-state index contributed by atoms with van der Waals surface area (Å²) in [5.74, 6) is 0.919. The summed E-state index contributed by atoms with van der Waals surface area (Å²) in [6.45, 7) is 2.95. The fourth-order valence-electron chi connectivity index (χ4n) is 3.66. The summed E-state index contributed by atoms with van der Waals surface area (Å²) in [5, 5.41) is 4.27. The first-order chi connectivity index (χ1) is 13.7. The number of fused-ring (bicyclic) bond motifs is 1. The number of unbranched alkanes of at least 4 members (excludes halogenated alkanes) is 3. The van der Waals surface area contributed by atoms with Gasteiger partial charge >= 0.3 is 0 Å². The van der Waals surface area contributed by atoms with E-state index in [4.69, 9.17) is 4.74 Å². The van der Waals surface area contributed by atoms with Crippen LogP contribution in [-0.2, 0) is 4.79 Å². The average molecular weight is 379 g/mol. The highest BCUT2D eigenvalue weighted by Gasteiger charge is 2.21. The third-order valence-corrected chi connectivity index (χ3v) is 5.26. The number of methoxy groups -OCH3 is 1. The second kappa shape index (κ2) is 9.98. The molecule has 0 aliphatic heterocycles. The minimum absolute atomic E-state index is 0.00213. The van der Waals surface area contributed by atoms with E-state index >= 15 is 0 Å². The zero-order chi connectivity index (χ0) is 19.8. The molecule has 4 nitrogen and oxygen atoms in total. The molecule has 2 aromatic carbocycles. The van der Waals surface area contributed by atoms with Gasteiger partial charge in [0.2, 0.25) is 5.91 Å². The number of amides is 1. The van der Waals surface area contributed by atoms with Crippen LogP contribution in [0.25, 0.3) is 10.9 Å². The number of hydrogen-bond donors (Lipinski definition) is 2. The van der Waals surface area contributed by atoms with Gasteiger partial charge in [0, 0.05) is 36.0 Å². The largest absolute Gasteiger partial charge is 0.497 e. The first kappa shape index (κ1) is 20.0. The van der Waals surface area contributed by atoms with E-state index in [0.29, 0.717) is 6.42 Å². The lowest BCUT2D eigenvalue weighted by atomic mass is 9.88. The zero-order valence-electron chi connectivity index (χ0n) is 16.8. The van der Waals surface area contributed by atoms with Gasteiger partial charge in [-0.3, -0.25) is 4.79 Å². The van der Waals surface area contributed by atoms with Crippen LogP contribution < -0.4 is 10.1 Å². The van der Waals surface area contributed by atoms with E-state index in [2.05, 4.69) is 41.5 Å². The van der Waals surface area contributed by atoms with Gasteiger partial charge in [0.25, 0.3) is 0 Å². The molecule has 28 heavy (non-hydrogen) atoms. The molecule has 2 N–H and O–H groups in total. The molecule has 0 saturated carbocycles. The number of aromatic nitrogens is 1. The van der Waals surface area contributed by atoms with Gasteiger partial charge in [-0.25, -0.2) is 0 Å². The van der Waals surface area contributed by atoms with E-state index in [0.717, 1.165) is 35.4 Å². The van der Waals surface area contributed by atoms with E-state index in [1.54, 1.807) is 7.11 Å². The van der Waals surface area contributed by atoms with E-state index in [1.807, 2.05) is 30.5 Å². The topological polar surface area (TPSA) is 54.1 Å². The average Bonchev–Trinajstić information content (AvgIpc) is 3.16. The number of benzene rings is 2. The Morgan fingerprint density at radius 2 is 1.86 bits per heavy atom. The third kappa shape index (κ3) is 4.94. The summed E-state index contributed by atoms with van der Waals surface area (Å²) in [7, 11) is 1.66. The summed E-state index contributed by atoms with van der Waals surface area (Å²) in [4.78, 5) is 16.0. The smallest absolute Gasteiger partial charge is 0.220 e. The van der Waals surface area contributed by atoms with Crippen molar-refractivity contribution in [1.82, 2.24) is 10.3 Å². The standard InChI is InChI=1S/C24H30N2O2/c1-3-4-5-8-15-25-24(27)16-21(18-11-13-19(28-2)14-12-18)22-17-26-23-10-7-6-9-20(22)23/h6-7,9-14,17,21,26H,3-5,8,15-16H2,1-2H3,(H,25,27). The van der Waals surface area contributed by atoms with Crippen molar-refractivity contribution in [3.63, 3.8) is 0 Å². The molecule has 148 valence electrons. The number of hydrogen-bond acceptors (Lipinski definition) is 2. The SMILES string of the molecule is CCCCCCNC(=O)CC(c1ccc(OC)cc1)c1c[nH]c2ccccc12. The van der Waals surface area contributed by atoms with Gasteiger partial charge in [-0.15, -0.1) is 0 Å². The van der Waals surface area contributed by atoms with Crippen molar-refractivity contribution in [3.05, 3.63) is 65.9 Å². The number of nitrogens with one attached hydrogen (secondary N) is 2. The summed E-state index contributed by atoms with van der Waals surface area (Å²) < 4.78 is 5.29. The third-order valence-electron chi connectivity index (χ3n) is 5.26. The molecule has 0 fully saturated rings. The molecule has 1 atom stereocenters. The van der Waals surface area contributed by atoms with Gasteiger partial charge in [0.1, 0.15) is 5.75 Å². The van der Waals surface area contributed by atoms with Crippen LogP contribution in [0.3, 0.4) is 0 Å². The van der Waals surface area contributed by atoms with E-state index in [-0.39, 0.29) is 11.8 Å². The molecular weight excluding hydrogens is 348 g/mol. The quantitative estimate of drug-likeness (QED) is 0.464. The summed E-state index contributed by atoms with van der Waals surface area (Å²) >= 11 is 0. The van der Waals surface area contributed by atoms with Crippen LogP contribution in [0.15, 0.2) is 54.7 Å². The first-order valence-electron chi connectivity index (χ1n) is 10.2. The van der Waals surface area contributed by atoms with Crippen LogP contribution in [0.5, 0.6) is 5.75 Å². The second-order valence-corrected chi connectivity index (χ2v) is 7.23. The lowest BCUT2D eigenvalue weighted by Crippen LogP contribution is -2.26. The fraction of sp³-hybridized carbons (Fsp3) is 0.375.